The van der Waals surface area contributed by atoms with Crippen molar-refractivity contribution in [2.45, 2.75) is 67.6 Å². The summed E-state index contributed by atoms with van der Waals surface area (Å²) in [7, 11) is 0. The molecular formula is C21H27Br3O4. The molecule has 28 heavy (non-hydrogen) atoms. The number of carbonyl (C=O) groups is 3. The standard InChI is InChI=1S/C21H27Br3O4/c1-19-7-13(23)18(27)17(24)12(19)4-3-10-11-5-6-21(28,15(26)9-22)20(11,2)8-14(25)16(10)19/h10-13,16-17,28H,3-9H2,1-2H3/t10-,11-,12?,13+,16+,17+,19-,20-,21-/m0/s1. The Kier molecular flexibility index (Phi) is 5.38. The molecule has 156 valence electrons. The number of aliphatic hydroxyl groups is 1. The molecule has 0 aromatic carbocycles. The number of ketones is 3. The zero-order chi connectivity index (χ0) is 20.6. The maximum absolute atomic E-state index is 13.6. The number of halogens is 3. The average molecular weight is 583 g/mol. The molecule has 4 fully saturated rings. The molecule has 4 rings (SSSR count). The van der Waals surface area contributed by atoms with Gasteiger partial charge in [0.25, 0.3) is 0 Å². The molecule has 1 N–H and O–H groups in total. The summed E-state index contributed by atoms with van der Waals surface area (Å²) in [4.78, 5) is 38.3. The second-order valence-corrected chi connectivity index (χ2v) is 12.6. The van der Waals surface area contributed by atoms with Crippen LogP contribution in [-0.4, -0.2) is 43.0 Å². The van der Waals surface area contributed by atoms with E-state index < -0.39 is 11.0 Å². The molecule has 0 amide bonds. The summed E-state index contributed by atoms with van der Waals surface area (Å²) in [5, 5.41) is 11.5. The Labute approximate surface area is 191 Å². The Morgan fingerprint density at radius 3 is 2.46 bits per heavy atom. The number of carbonyl (C=O) groups excluding carboxylic acids is 3. The fourth-order valence-corrected chi connectivity index (χ4v) is 10.5. The fourth-order valence-electron chi connectivity index (χ4n) is 7.52. The maximum Gasteiger partial charge on any atom is 0.175 e. The van der Waals surface area contributed by atoms with Crippen molar-refractivity contribution in [3.8, 4) is 0 Å². The Morgan fingerprint density at radius 2 is 1.82 bits per heavy atom. The van der Waals surface area contributed by atoms with Crippen molar-refractivity contribution in [1.29, 1.82) is 0 Å². The van der Waals surface area contributed by atoms with Gasteiger partial charge in [-0.3, -0.25) is 14.4 Å². The SMILES string of the molecule is C[C@]12C[C@@H](Br)C(=O)[C@H](Br)C1CC[C@@H]1[C@@H]2C(=O)C[C@@]2(C)[C@H]1CC[C@]2(O)C(=O)CBr. The first-order valence-electron chi connectivity index (χ1n) is 10.2. The minimum absolute atomic E-state index is 0.0982. The van der Waals surface area contributed by atoms with Gasteiger partial charge in [-0.05, 0) is 55.3 Å². The van der Waals surface area contributed by atoms with Crippen molar-refractivity contribution >= 4 is 65.1 Å². The zero-order valence-electron chi connectivity index (χ0n) is 16.2. The fraction of sp³-hybridized carbons (Fsp3) is 0.857. The van der Waals surface area contributed by atoms with E-state index in [2.05, 4.69) is 54.7 Å². The van der Waals surface area contributed by atoms with E-state index in [1.54, 1.807) is 0 Å². The highest BCUT2D eigenvalue weighted by atomic mass is 79.9. The van der Waals surface area contributed by atoms with Gasteiger partial charge in [0.1, 0.15) is 11.4 Å². The third kappa shape index (κ3) is 2.64. The van der Waals surface area contributed by atoms with Gasteiger partial charge < -0.3 is 5.11 Å². The molecule has 7 heteroatoms. The van der Waals surface area contributed by atoms with Gasteiger partial charge >= 0.3 is 0 Å². The monoisotopic (exact) mass is 580 g/mol. The van der Waals surface area contributed by atoms with Gasteiger partial charge in [0.15, 0.2) is 11.6 Å². The molecule has 0 heterocycles. The number of fused-ring (bicyclic) bond motifs is 5. The quantitative estimate of drug-likeness (QED) is 0.495. The third-order valence-electron chi connectivity index (χ3n) is 8.92. The van der Waals surface area contributed by atoms with E-state index in [0.29, 0.717) is 12.8 Å². The summed E-state index contributed by atoms with van der Waals surface area (Å²) in [5.74, 6) is 0.567. The van der Waals surface area contributed by atoms with Crippen LogP contribution < -0.4 is 0 Å². The van der Waals surface area contributed by atoms with Crippen molar-refractivity contribution in [2.75, 3.05) is 5.33 Å². The van der Waals surface area contributed by atoms with Crippen LogP contribution in [0.4, 0.5) is 0 Å². The van der Waals surface area contributed by atoms with Crippen LogP contribution in [0.3, 0.4) is 0 Å². The van der Waals surface area contributed by atoms with Crippen molar-refractivity contribution < 1.29 is 19.5 Å². The number of rotatable bonds is 2. The van der Waals surface area contributed by atoms with Gasteiger partial charge in [-0.1, -0.05) is 61.6 Å². The van der Waals surface area contributed by atoms with Crippen molar-refractivity contribution in [1.82, 2.24) is 0 Å². The van der Waals surface area contributed by atoms with Crippen LogP contribution in [0.2, 0.25) is 0 Å². The van der Waals surface area contributed by atoms with Gasteiger partial charge in [-0.15, -0.1) is 0 Å². The third-order valence-corrected chi connectivity index (χ3v) is 11.3. The van der Waals surface area contributed by atoms with Crippen LogP contribution >= 0.6 is 47.8 Å². The first-order chi connectivity index (χ1) is 13.0. The van der Waals surface area contributed by atoms with Gasteiger partial charge in [-0.25, -0.2) is 0 Å². The minimum Gasteiger partial charge on any atom is -0.381 e. The number of alkyl halides is 3. The lowest BCUT2D eigenvalue weighted by molar-refractivity contribution is -0.175. The lowest BCUT2D eigenvalue weighted by Gasteiger charge is -2.61. The van der Waals surface area contributed by atoms with Crippen LogP contribution in [0.25, 0.3) is 0 Å². The highest BCUT2D eigenvalue weighted by Gasteiger charge is 2.69. The van der Waals surface area contributed by atoms with Crippen LogP contribution in [0.1, 0.15) is 52.4 Å². The Balaban J connectivity index is 1.73. The van der Waals surface area contributed by atoms with Crippen LogP contribution in [0.15, 0.2) is 0 Å². The molecular weight excluding hydrogens is 556 g/mol. The Bertz CT molecular complexity index is 741. The molecule has 4 nitrogen and oxygen atoms in total. The number of hydrogen-bond acceptors (Lipinski definition) is 4. The van der Waals surface area contributed by atoms with Crippen molar-refractivity contribution in [3.05, 3.63) is 0 Å². The minimum atomic E-state index is -1.42. The lowest BCUT2D eigenvalue weighted by Crippen LogP contribution is -2.64. The van der Waals surface area contributed by atoms with E-state index in [4.69, 9.17) is 0 Å². The summed E-state index contributed by atoms with van der Waals surface area (Å²) in [6, 6.07) is 0. The Morgan fingerprint density at radius 1 is 1.14 bits per heavy atom. The van der Waals surface area contributed by atoms with Gasteiger partial charge in [0, 0.05) is 17.8 Å². The smallest absolute Gasteiger partial charge is 0.175 e. The zero-order valence-corrected chi connectivity index (χ0v) is 21.0. The van der Waals surface area contributed by atoms with Gasteiger partial charge in [-0.2, -0.15) is 0 Å². The molecule has 0 bridgehead atoms. The molecule has 0 aromatic rings. The van der Waals surface area contributed by atoms with Gasteiger partial charge in [0.05, 0.1) is 15.0 Å². The summed E-state index contributed by atoms with van der Waals surface area (Å²) < 4.78 is 0. The summed E-state index contributed by atoms with van der Waals surface area (Å²) >= 11 is 10.4. The largest absolute Gasteiger partial charge is 0.381 e. The molecule has 4 aliphatic carbocycles. The highest BCUT2D eigenvalue weighted by Crippen LogP contribution is 2.67. The molecule has 0 aromatic heterocycles. The maximum atomic E-state index is 13.6. The van der Waals surface area contributed by atoms with E-state index in [1.165, 1.54) is 0 Å². The molecule has 0 saturated heterocycles. The topological polar surface area (TPSA) is 71.4 Å². The molecule has 0 spiro atoms. The molecule has 0 aliphatic heterocycles. The Hall–Kier alpha value is 0.410. The molecule has 9 atom stereocenters. The number of hydrogen-bond donors (Lipinski definition) is 1. The average Bonchev–Trinajstić information content (AvgIpc) is 2.90. The second-order valence-electron chi connectivity index (χ2n) is 9.93. The van der Waals surface area contributed by atoms with E-state index in [-0.39, 0.29) is 67.8 Å². The first-order valence-corrected chi connectivity index (χ1v) is 13.1. The lowest BCUT2D eigenvalue weighted by atomic mass is 9.44. The second kappa shape index (κ2) is 6.96. The highest BCUT2D eigenvalue weighted by molar-refractivity contribution is 9.10. The van der Waals surface area contributed by atoms with E-state index >= 15 is 0 Å². The van der Waals surface area contributed by atoms with E-state index in [1.807, 2.05) is 6.92 Å². The summed E-state index contributed by atoms with van der Waals surface area (Å²) in [5.41, 5.74) is -2.35. The molecule has 4 aliphatic rings. The van der Waals surface area contributed by atoms with E-state index in [0.717, 1.165) is 19.3 Å². The molecule has 4 saturated carbocycles. The molecule has 0 radical (unpaired) electrons. The summed E-state index contributed by atoms with van der Waals surface area (Å²) in [6.45, 7) is 4.15. The van der Waals surface area contributed by atoms with Gasteiger partial charge in [0.2, 0.25) is 0 Å². The van der Waals surface area contributed by atoms with Crippen molar-refractivity contribution in [2.24, 2.45) is 34.5 Å². The number of Topliss-reactive ketones (excluding diaryl/α,β-unsaturated/α-hetero) is 3. The van der Waals surface area contributed by atoms with Crippen LogP contribution in [-0.2, 0) is 14.4 Å². The van der Waals surface area contributed by atoms with E-state index in [9.17, 15) is 19.5 Å². The first kappa shape index (κ1) is 21.6. The van der Waals surface area contributed by atoms with Crippen molar-refractivity contribution in [3.63, 3.8) is 0 Å². The molecule has 1 unspecified atom stereocenters. The van der Waals surface area contributed by atoms with Crippen LogP contribution in [0, 0.1) is 34.5 Å². The summed E-state index contributed by atoms with van der Waals surface area (Å²) in [6.07, 6.45) is 3.95. The normalized spacial score (nSPS) is 53.4. The predicted octanol–water partition coefficient (Wildman–Crippen LogP) is 4.22. The predicted molar refractivity (Wildman–Crippen MR) is 117 cm³/mol. The van der Waals surface area contributed by atoms with Crippen LogP contribution in [0.5, 0.6) is 0 Å².